The predicted octanol–water partition coefficient (Wildman–Crippen LogP) is 3.67. The van der Waals surface area contributed by atoms with Crippen LogP contribution in [0.4, 0.5) is 5.00 Å². The van der Waals surface area contributed by atoms with Gasteiger partial charge >= 0.3 is 0 Å². The second-order valence-electron chi connectivity index (χ2n) is 6.70. The molecule has 0 aliphatic heterocycles. The van der Waals surface area contributed by atoms with E-state index in [-0.39, 0.29) is 0 Å². The summed E-state index contributed by atoms with van der Waals surface area (Å²) >= 11 is 1.68. The van der Waals surface area contributed by atoms with E-state index < -0.39 is 0 Å². The minimum Gasteiger partial charge on any atom is -0.389 e. The van der Waals surface area contributed by atoms with Crippen LogP contribution in [-0.4, -0.2) is 0 Å². The van der Waals surface area contributed by atoms with E-state index >= 15 is 0 Å². The minimum absolute atomic E-state index is 0.392. The van der Waals surface area contributed by atoms with Gasteiger partial charge in [-0.2, -0.15) is 5.26 Å². The Bertz CT molecular complexity index is 502. The van der Waals surface area contributed by atoms with Crippen LogP contribution < -0.4 is 5.73 Å². The number of hydrogen-bond acceptors (Lipinski definition) is 3. The molecule has 2 nitrogen and oxygen atoms in total. The van der Waals surface area contributed by atoms with E-state index in [4.69, 9.17) is 11.0 Å². The Morgan fingerprint density at radius 1 is 1.17 bits per heavy atom. The van der Waals surface area contributed by atoms with Gasteiger partial charge in [-0.3, -0.25) is 0 Å². The SMILES string of the molecule is N#Cc1cc(C23CC4CC(CC(C4)C2)C3)sc1N. The van der Waals surface area contributed by atoms with Crippen LogP contribution in [0.25, 0.3) is 0 Å². The third kappa shape index (κ3) is 1.39. The number of hydrogen-bond donors (Lipinski definition) is 1. The fourth-order valence-corrected chi connectivity index (χ4v) is 6.26. The molecule has 0 atom stereocenters. The largest absolute Gasteiger partial charge is 0.389 e. The monoisotopic (exact) mass is 258 g/mol. The molecular formula is C15H18N2S. The van der Waals surface area contributed by atoms with Gasteiger partial charge in [0, 0.05) is 10.3 Å². The number of nitrogens with zero attached hydrogens (tertiary/aromatic N) is 1. The maximum Gasteiger partial charge on any atom is 0.104 e. The third-order valence-electron chi connectivity index (χ3n) is 5.44. The summed E-state index contributed by atoms with van der Waals surface area (Å²) in [6.07, 6.45) is 8.44. The van der Waals surface area contributed by atoms with Gasteiger partial charge in [0.2, 0.25) is 0 Å². The van der Waals surface area contributed by atoms with E-state index in [1.54, 1.807) is 11.3 Å². The van der Waals surface area contributed by atoms with Gasteiger partial charge in [-0.25, -0.2) is 0 Å². The van der Waals surface area contributed by atoms with Gasteiger partial charge in [-0.15, -0.1) is 11.3 Å². The number of anilines is 1. The van der Waals surface area contributed by atoms with Crippen LogP contribution in [0.3, 0.4) is 0 Å². The van der Waals surface area contributed by atoms with Crippen molar-refractivity contribution >= 4 is 16.3 Å². The van der Waals surface area contributed by atoms with E-state index in [1.165, 1.54) is 43.4 Å². The second kappa shape index (κ2) is 3.51. The zero-order chi connectivity index (χ0) is 12.3. The van der Waals surface area contributed by atoms with Crippen molar-refractivity contribution in [3.63, 3.8) is 0 Å². The minimum atomic E-state index is 0.392. The molecule has 1 aromatic rings. The van der Waals surface area contributed by atoms with Crippen molar-refractivity contribution in [2.24, 2.45) is 17.8 Å². The zero-order valence-corrected chi connectivity index (χ0v) is 11.3. The maximum atomic E-state index is 9.09. The molecule has 4 saturated carbocycles. The maximum absolute atomic E-state index is 9.09. The Hall–Kier alpha value is -1.01. The molecule has 0 unspecified atom stereocenters. The summed E-state index contributed by atoms with van der Waals surface area (Å²) in [4.78, 5) is 1.41. The molecule has 18 heavy (non-hydrogen) atoms. The normalized spacial score (nSPS) is 40.9. The molecule has 1 aromatic heterocycles. The number of rotatable bonds is 1. The Balaban J connectivity index is 1.77. The van der Waals surface area contributed by atoms with E-state index in [9.17, 15) is 0 Å². The van der Waals surface area contributed by atoms with Gasteiger partial charge in [-0.1, -0.05) is 0 Å². The van der Waals surface area contributed by atoms with Gasteiger partial charge in [0.05, 0.1) is 5.56 Å². The molecule has 1 heterocycles. The zero-order valence-electron chi connectivity index (χ0n) is 10.5. The summed E-state index contributed by atoms with van der Waals surface area (Å²) in [6, 6.07) is 4.32. The number of thiophene rings is 1. The lowest BCUT2D eigenvalue weighted by atomic mass is 9.49. The molecule has 0 saturated heterocycles. The van der Waals surface area contributed by atoms with Crippen molar-refractivity contribution in [3.8, 4) is 6.07 Å². The molecule has 0 amide bonds. The molecule has 3 heteroatoms. The van der Waals surface area contributed by atoms with Crippen LogP contribution in [-0.2, 0) is 5.41 Å². The number of nitrogen functional groups attached to an aromatic ring is 1. The Morgan fingerprint density at radius 3 is 2.17 bits per heavy atom. The lowest BCUT2D eigenvalue weighted by Gasteiger charge is -2.56. The van der Waals surface area contributed by atoms with Crippen molar-refractivity contribution in [1.82, 2.24) is 0 Å². The van der Waals surface area contributed by atoms with Gasteiger partial charge in [0.1, 0.15) is 11.1 Å². The summed E-state index contributed by atoms with van der Waals surface area (Å²) in [5.41, 5.74) is 7.06. The van der Waals surface area contributed by atoms with Crippen molar-refractivity contribution in [1.29, 1.82) is 5.26 Å². The highest BCUT2D eigenvalue weighted by atomic mass is 32.1. The third-order valence-corrected chi connectivity index (χ3v) is 6.65. The van der Waals surface area contributed by atoms with E-state index in [0.29, 0.717) is 11.0 Å². The summed E-state index contributed by atoms with van der Waals surface area (Å²) < 4.78 is 0. The van der Waals surface area contributed by atoms with Crippen LogP contribution in [0.5, 0.6) is 0 Å². The fraction of sp³-hybridized carbons (Fsp3) is 0.667. The molecule has 0 radical (unpaired) electrons. The van der Waals surface area contributed by atoms with Gasteiger partial charge in [0.15, 0.2) is 0 Å². The molecule has 0 spiro atoms. The van der Waals surface area contributed by atoms with E-state index in [1.807, 2.05) is 0 Å². The van der Waals surface area contributed by atoms with Gasteiger partial charge in [0.25, 0.3) is 0 Å². The highest BCUT2D eigenvalue weighted by Gasteiger charge is 2.52. The topological polar surface area (TPSA) is 49.8 Å². The van der Waals surface area contributed by atoms with Crippen molar-refractivity contribution in [3.05, 3.63) is 16.5 Å². The summed E-state index contributed by atoms with van der Waals surface area (Å²) in [5.74, 6) is 2.85. The lowest BCUT2D eigenvalue weighted by molar-refractivity contribution is -0.00347. The van der Waals surface area contributed by atoms with Crippen LogP contribution in [0.15, 0.2) is 6.07 Å². The quantitative estimate of drug-likeness (QED) is 0.835. The average molecular weight is 258 g/mol. The van der Waals surface area contributed by atoms with E-state index in [2.05, 4.69) is 12.1 Å². The molecule has 0 aromatic carbocycles. The summed E-state index contributed by atoms with van der Waals surface area (Å²) in [5, 5.41) is 9.82. The van der Waals surface area contributed by atoms with E-state index in [0.717, 1.165) is 22.8 Å². The Kier molecular flexibility index (Phi) is 2.12. The molecule has 94 valence electrons. The molecule has 4 aliphatic carbocycles. The smallest absolute Gasteiger partial charge is 0.104 e. The highest BCUT2D eigenvalue weighted by Crippen LogP contribution is 2.61. The first kappa shape index (κ1) is 10.9. The van der Waals surface area contributed by atoms with Crippen LogP contribution in [0, 0.1) is 29.1 Å². The first-order chi connectivity index (χ1) is 8.68. The average Bonchev–Trinajstić information content (AvgIpc) is 2.69. The van der Waals surface area contributed by atoms with Crippen molar-refractivity contribution < 1.29 is 0 Å². The van der Waals surface area contributed by atoms with Crippen LogP contribution in [0.2, 0.25) is 0 Å². The lowest BCUT2D eigenvalue weighted by Crippen LogP contribution is -2.48. The predicted molar refractivity (Wildman–Crippen MR) is 73.3 cm³/mol. The molecule has 4 bridgehead atoms. The van der Waals surface area contributed by atoms with Crippen LogP contribution in [0.1, 0.15) is 49.0 Å². The Morgan fingerprint density at radius 2 is 1.72 bits per heavy atom. The summed E-state index contributed by atoms with van der Waals surface area (Å²) in [7, 11) is 0. The Labute approximate surface area is 112 Å². The van der Waals surface area contributed by atoms with Crippen molar-refractivity contribution in [2.75, 3.05) is 5.73 Å². The molecule has 4 fully saturated rings. The molecule has 4 aliphatic rings. The summed E-state index contributed by atoms with van der Waals surface area (Å²) in [6.45, 7) is 0. The van der Waals surface area contributed by atoms with Crippen molar-refractivity contribution in [2.45, 2.75) is 43.9 Å². The molecule has 5 rings (SSSR count). The van der Waals surface area contributed by atoms with Crippen LogP contribution >= 0.6 is 11.3 Å². The van der Waals surface area contributed by atoms with Gasteiger partial charge < -0.3 is 5.73 Å². The fourth-order valence-electron chi connectivity index (χ4n) is 5.17. The molecule has 2 N–H and O–H groups in total. The first-order valence-electron chi connectivity index (χ1n) is 6.98. The van der Waals surface area contributed by atoms with Gasteiger partial charge in [-0.05, 0) is 62.3 Å². The number of nitriles is 1. The first-order valence-corrected chi connectivity index (χ1v) is 7.80. The molecular weight excluding hydrogens is 240 g/mol. The highest BCUT2D eigenvalue weighted by molar-refractivity contribution is 7.16. The standard InChI is InChI=1S/C15H18N2S/c16-8-12-4-13(18-14(12)17)15-5-9-1-10(6-15)3-11(2-9)7-15/h4,9-11H,1-3,5-7,17H2. The number of nitrogens with two attached hydrogens (primary N) is 1. The second-order valence-corrected chi connectivity index (χ2v) is 7.78.